The topological polar surface area (TPSA) is 74.8 Å². The molecule has 1 unspecified atom stereocenters. The van der Waals surface area contributed by atoms with E-state index >= 15 is 0 Å². The molecule has 0 bridgehead atoms. The van der Waals surface area contributed by atoms with Gasteiger partial charge in [0.25, 0.3) is 0 Å². The zero-order valence-corrected chi connectivity index (χ0v) is 15.3. The van der Waals surface area contributed by atoms with Gasteiger partial charge in [-0.25, -0.2) is 14.2 Å². The molecule has 1 N–H and O–H groups in total. The second-order valence-electron chi connectivity index (χ2n) is 5.97. The first-order valence-electron chi connectivity index (χ1n) is 8.05. The van der Waals surface area contributed by atoms with E-state index in [1.807, 2.05) is 5.38 Å². The fourth-order valence-electron chi connectivity index (χ4n) is 2.69. The summed E-state index contributed by atoms with van der Waals surface area (Å²) in [5.74, 6) is -0.627. The normalized spacial score (nSPS) is 16.5. The number of hydrogen-bond donors (Lipinski definition) is 1. The number of halogens is 1. The summed E-state index contributed by atoms with van der Waals surface area (Å²) < 4.78 is 19.8. The van der Waals surface area contributed by atoms with Crippen LogP contribution in [0.25, 0.3) is 0 Å². The second-order valence-corrected chi connectivity index (χ2v) is 6.95. The van der Waals surface area contributed by atoms with E-state index in [4.69, 9.17) is 4.74 Å². The lowest BCUT2D eigenvalue weighted by Crippen LogP contribution is -2.33. The van der Waals surface area contributed by atoms with Crippen molar-refractivity contribution in [3.05, 3.63) is 40.6 Å². The van der Waals surface area contributed by atoms with Crippen molar-refractivity contribution >= 4 is 34.7 Å². The summed E-state index contributed by atoms with van der Waals surface area (Å²) in [5.41, 5.74) is 0.843. The highest BCUT2D eigenvalue weighted by molar-refractivity contribution is 7.09. The van der Waals surface area contributed by atoms with Crippen molar-refractivity contribution in [1.82, 2.24) is 10.3 Å². The van der Waals surface area contributed by atoms with E-state index in [9.17, 15) is 14.0 Å². The Balaban J connectivity index is 1.69. The Hall–Kier alpha value is -2.68. The van der Waals surface area contributed by atoms with Gasteiger partial charge in [0, 0.05) is 25.5 Å². The molecule has 1 atom stereocenters. The first kappa shape index (κ1) is 18.1. The van der Waals surface area contributed by atoms with Crippen molar-refractivity contribution in [2.45, 2.75) is 19.6 Å². The lowest BCUT2D eigenvalue weighted by Gasteiger charge is -2.20. The molecule has 9 heteroatoms. The van der Waals surface area contributed by atoms with E-state index in [0.29, 0.717) is 17.9 Å². The number of amides is 2. The molecule has 1 aromatic carbocycles. The fourth-order valence-corrected chi connectivity index (χ4v) is 3.36. The van der Waals surface area contributed by atoms with Crippen LogP contribution >= 0.6 is 11.3 Å². The zero-order chi connectivity index (χ0) is 18.7. The van der Waals surface area contributed by atoms with Crippen LogP contribution in [0.3, 0.4) is 0 Å². The first-order chi connectivity index (χ1) is 12.4. The monoisotopic (exact) mass is 378 g/mol. The van der Waals surface area contributed by atoms with Crippen LogP contribution in [0.2, 0.25) is 0 Å². The Morgan fingerprint density at radius 3 is 3.00 bits per heavy atom. The number of aromatic nitrogens is 1. The zero-order valence-electron chi connectivity index (χ0n) is 14.4. The third-order valence-corrected chi connectivity index (χ3v) is 4.73. The van der Waals surface area contributed by atoms with Gasteiger partial charge >= 0.3 is 6.09 Å². The Morgan fingerprint density at radius 1 is 1.54 bits per heavy atom. The Kier molecular flexibility index (Phi) is 5.36. The number of hydrogen-bond acceptors (Lipinski definition) is 6. The molecule has 0 aliphatic carbocycles. The number of anilines is 2. The van der Waals surface area contributed by atoms with Gasteiger partial charge in [-0.05, 0) is 18.2 Å². The molecule has 2 heterocycles. The van der Waals surface area contributed by atoms with Crippen LogP contribution in [-0.2, 0) is 16.1 Å². The highest BCUT2D eigenvalue weighted by Gasteiger charge is 2.32. The predicted molar refractivity (Wildman–Crippen MR) is 96.9 cm³/mol. The standard InChI is InChI=1S/C17H19FN4O3S/c1-11(23)20-8-13-9-22(17(24)25-13)12-3-4-15(14(18)7-12)21(2)10-16-19-5-6-26-16/h3-7,13H,8-10H2,1-2H3,(H,20,23). The van der Waals surface area contributed by atoms with Gasteiger partial charge in [-0.15, -0.1) is 11.3 Å². The fraction of sp³-hybridized carbons (Fsp3) is 0.353. The van der Waals surface area contributed by atoms with Crippen LogP contribution in [0.1, 0.15) is 11.9 Å². The third-order valence-electron chi connectivity index (χ3n) is 3.96. The number of nitrogens with one attached hydrogen (secondary N) is 1. The summed E-state index contributed by atoms with van der Waals surface area (Å²) in [6.45, 7) is 2.38. The molecular formula is C17H19FN4O3S. The number of cyclic esters (lactones) is 1. The maximum absolute atomic E-state index is 14.6. The molecular weight excluding hydrogens is 359 g/mol. The Morgan fingerprint density at radius 2 is 2.35 bits per heavy atom. The molecule has 1 aliphatic rings. The molecule has 2 amide bonds. The number of thiazole rings is 1. The minimum Gasteiger partial charge on any atom is -0.442 e. The summed E-state index contributed by atoms with van der Waals surface area (Å²) in [6, 6.07) is 4.63. The van der Waals surface area contributed by atoms with E-state index in [1.54, 1.807) is 30.3 Å². The molecule has 1 fully saturated rings. The lowest BCUT2D eigenvalue weighted by molar-refractivity contribution is -0.119. The molecule has 7 nitrogen and oxygen atoms in total. The SMILES string of the molecule is CC(=O)NCC1CN(c2ccc(N(C)Cc3nccs3)c(F)c2)C(=O)O1. The molecule has 0 saturated carbocycles. The summed E-state index contributed by atoms with van der Waals surface area (Å²) in [5, 5.41) is 5.37. The average molecular weight is 378 g/mol. The maximum Gasteiger partial charge on any atom is 0.414 e. The van der Waals surface area contributed by atoms with Crippen LogP contribution in [0.4, 0.5) is 20.6 Å². The number of nitrogens with zero attached hydrogens (tertiary/aromatic N) is 3. The Bertz CT molecular complexity index is 799. The van der Waals surface area contributed by atoms with Crippen LogP contribution < -0.4 is 15.1 Å². The minimum absolute atomic E-state index is 0.196. The highest BCUT2D eigenvalue weighted by Crippen LogP contribution is 2.28. The second kappa shape index (κ2) is 7.69. The average Bonchev–Trinajstić information content (AvgIpc) is 3.22. The largest absolute Gasteiger partial charge is 0.442 e. The molecule has 1 aliphatic heterocycles. The smallest absolute Gasteiger partial charge is 0.414 e. The van der Waals surface area contributed by atoms with Gasteiger partial charge in [-0.3, -0.25) is 9.69 Å². The van der Waals surface area contributed by atoms with Gasteiger partial charge in [0.05, 0.1) is 31.0 Å². The van der Waals surface area contributed by atoms with Gasteiger partial charge in [0.15, 0.2) is 0 Å². The third kappa shape index (κ3) is 4.10. The van der Waals surface area contributed by atoms with Crippen molar-refractivity contribution in [3.8, 4) is 0 Å². The quantitative estimate of drug-likeness (QED) is 0.835. The van der Waals surface area contributed by atoms with E-state index in [0.717, 1.165) is 5.01 Å². The molecule has 1 aromatic heterocycles. The van der Waals surface area contributed by atoms with Crippen molar-refractivity contribution < 1.29 is 18.7 Å². The van der Waals surface area contributed by atoms with E-state index in [2.05, 4.69) is 10.3 Å². The van der Waals surface area contributed by atoms with Gasteiger partial charge < -0.3 is 15.0 Å². The number of rotatable bonds is 6. The molecule has 1 saturated heterocycles. The number of benzene rings is 1. The predicted octanol–water partition coefficient (Wildman–Crippen LogP) is 2.38. The van der Waals surface area contributed by atoms with E-state index in [1.165, 1.54) is 29.2 Å². The summed E-state index contributed by atoms with van der Waals surface area (Å²) in [4.78, 5) is 30.3. The first-order valence-corrected chi connectivity index (χ1v) is 8.93. The maximum atomic E-state index is 14.6. The number of ether oxygens (including phenoxy) is 1. The summed E-state index contributed by atoms with van der Waals surface area (Å²) in [7, 11) is 1.78. The van der Waals surface area contributed by atoms with Crippen LogP contribution in [-0.4, -0.2) is 43.2 Å². The molecule has 26 heavy (non-hydrogen) atoms. The van der Waals surface area contributed by atoms with Crippen LogP contribution in [0, 0.1) is 5.82 Å². The Labute approximate surface area is 154 Å². The van der Waals surface area contributed by atoms with Gasteiger partial charge in [-0.1, -0.05) is 0 Å². The van der Waals surface area contributed by atoms with E-state index in [-0.39, 0.29) is 19.0 Å². The molecule has 2 aromatic rings. The van der Waals surface area contributed by atoms with Crippen molar-refractivity contribution in [2.24, 2.45) is 0 Å². The summed E-state index contributed by atoms with van der Waals surface area (Å²) in [6.07, 6.45) is 0.703. The lowest BCUT2D eigenvalue weighted by atomic mass is 10.2. The highest BCUT2D eigenvalue weighted by atomic mass is 32.1. The van der Waals surface area contributed by atoms with Crippen LogP contribution in [0.15, 0.2) is 29.8 Å². The van der Waals surface area contributed by atoms with Gasteiger partial charge in [0.2, 0.25) is 5.91 Å². The van der Waals surface area contributed by atoms with Crippen molar-refractivity contribution in [1.29, 1.82) is 0 Å². The summed E-state index contributed by atoms with van der Waals surface area (Å²) >= 11 is 1.51. The molecule has 3 rings (SSSR count). The van der Waals surface area contributed by atoms with Crippen LogP contribution in [0.5, 0.6) is 0 Å². The molecule has 0 radical (unpaired) electrons. The number of carbonyl (C=O) groups is 2. The van der Waals surface area contributed by atoms with Crippen molar-refractivity contribution in [2.75, 3.05) is 29.9 Å². The van der Waals surface area contributed by atoms with Crippen molar-refractivity contribution in [3.63, 3.8) is 0 Å². The number of carbonyl (C=O) groups excluding carboxylic acids is 2. The molecule has 138 valence electrons. The molecule has 0 spiro atoms. The van der Waals surface area contributed by atoms with Gasteiger partial charge in [0.1, 0.15) is 16.9 Å². The van der Waals surface area contributed by atoms with E-state index < -0.39 is 18.0 Å². The van der Waals surface area contributed by atoms with Gasteiger partial charge in [-0.2, -0.15) is 0 Å². The minimum atomic E-state index is -0.552.